The number of thioether (sulfide) groups is 1. The van der Waals surface area contributed by atoms with Crippen LogP contribution in [0.15, 0.2) is 21.5 Å². The first kappa shape index (κ1) is 10.9. The van der Waals surface area contributed by atoms with Gasteiger partial charge < -0.3 is 10.6 Å². The van der Waals surface area contributed by atoms with Crippen LogP contribution in [0.2, 0.25) is 0 Å². The third-order valence-electron chi connectivity index (χ3n) is 3.53. The molecule has 0 bridgehead atoms. The minimum Gasteiger partial charge on any atom is -0.380 e. The Morgan fingerprint density at radius 2 is 2.31 bits per heavy atom. The maximum Gasteiger partial charge on any atom is 0.0518 e. The van der Waals surface area contributed by atoms with Crippen LogP contribution in [0.4, 0.5) is 5.69 Å². The van der Waals surface area contributed by atoms with E-state index in [0.717, 1.165) is 13.1 Å². The lowest BCUT2D eigenvalue weighted by Crippen LogP contribution is -2.38. The molecule has 0 aromatic heterocycles. The summed E-state index contributed by atoms with van der Waals surface area (Å²) in [6, 6.07) is 5.12. The van der Waals surface area contributed by atoms with E-state index < -0.39 is 0 Å². The molecule has 1 aromatic rings. The van der Waals surface area contributed by atoms with E-state index >= 15 is 0 Å². The van der Waals surface area contributed by atoms with Crippen LogP contribution in [0, 0.1) is 0 Å². The Hall–Kier alpha value is -0.190. The van der Waals surface area contributed by atoms with Gasteiger partial charge in [-0.15, -0.1) is 11.8 Å². The second-order valence-corrected chi connectivity index (χ2v) is 6.19. The summed E-state index contributed by atoms with van der Waals surface area (Å²) in [7, 11) is 0. The standard InChI is InChI=1S/C12H15BrN2S/c1-16-11-5-7(13)4-8-9-6-14-3-2-10(9)15-12(8)11/h4-5,9-10,14-15H,2-3,6H2,1H3. The highest BCUT2D eigenvalue weighted by atomic mass is 79.9. The summed E-state index contributed by atoms with van der Waals surface area (Å²) >= 11 is 5.43. The maximum atomic E-state index is 3.70. The van der Waals surface area contributed by atoms with Crippen molar-refractivity contribution >= 4 is 33.4 Å². The molecule has 0 aliphatic carbocycles. The van der Waals surface area contributed by atoms with E-state index in [4.69, 9.17) is 0 Å². The Bertz CT molecular complexity index is 422. The maximum absolute atomic E-state index is 3.70. The zero-order valence-corrected chi connectivity index (χ0v) is 11.6. The molecule has 1 aromatic carbocycles. The van der Waals surface area contributed by atoms with E-state index in [2.05, 4.69) is 45.0 Å². The van der Waals surface area contributed by atoms with Crippen LogP contribution in [0.25, 0.3) is 0 Å². The Labute approximate surface area is 109 Å². The molecule has 0 amide bonds. The highest BCUT2D eigenvalue weighted by Gasteiger charge is 2.35. The van der Waals surface area contributed by atoms with Crippen molar-refractivity contribution in [3.05, 3.63) is 22.2 Å². The van der Waals surface area contributed by atoms with Gasteiger partial charge in [-0.1, -0.05) is 15.9 Å². The van der Waals surface area contributed by atoms with Crippen LogP contribution in [0.5, 0.6) is 0 Å². The molecule has 86 valence electrons. The van der Waals surface area contributed by atoms with Crippen molar-refractivity contribution in [3.63, 3.8) is 0 Å². The Balaban J connectivity index is 2.07. The van der Waals surface area contributed by atoms with Gasteiger partial charge in [-0.25, -0.2) is 0 Å². The van der Waals surface area contributed by atoms with E-state index in [1.807, 2.05) is 11.8 Å². The number of anilines is 1. The molecule has 2 atom stereocenters. The van der Waals surface area contributed by atoms with Crippen LogP contribution < -0.4 is 10.6 Å². The molecule has 0 saturated carbocycles. The number of hydrogen-bond donors (Lipinski definition) is 2. The fourth-order valence-corrected chi connectivity index (χ4v) is 4.01. The number of nitrogens with one attached hydrogen (secondary N) is 2. The van der Waals surface area contributed by atoms with Crippen LogP contribution in [0.3, 0.4) is 0 Å². The largest absolute Gasteiger partial charge is 0.380 e. The van der Waals surface area contributed by atoms with Crippen LogP contribution in [-0.4, -0.2) is 25.4 Å². The molecule has 1 saturated heterocycles. The predicted octanol–water partition coefficient (Wildman–Crippen LogP) is 3.04. The summed E-state index contributed by atoms with van der Waals surface area (Å²) in [5, 5.41) is 7.19. The molecule has 2 nitrogen and oxygen atoms in total. The van der Waals surface area contributed by atoms with Crippen molar-refractivity contribution in [1.29, 1.82) is 0 Å². The zero-order valence-electron chi connectivity index (χ0n) is 9.22. The number of halogens is 1. The first-order valence-corrected chi connectivity index (χ1v) is 7.66. The van der Waals surface area contributed by atoms with Crippen LogP contribution in [0.1, 0.15) is 17.9 Å². The molecule has 1 fully saturated rings. The SMILES string of the molecule is CSc1cc(Br)cc2c1NC1CCNCC21. The molecule has 0 spiro atoms. The lowest BCUT2D eigenvalue weighted by Gasteiger charge is -2.26. The van der Waals surface area contributed by atoms with E-state index in [1.165, 1.54) is 27.0 Å². The van der Waals surface area contributed by atoms with Crippen molar-refractivity contribution in [3.8, 4) is 0 Å². The van der Waals surface area contributed by atoms with Gasteiger partial charge in [0.1, 0.15) is 0 Å². The minimum absolute atomic E-state index is 0.636. The molecule has 3 rings (SSSR count). The number of fused-ring (bicyclic) bond motifs is 3. The van der Waals surface area contributed by atoms with Gasteiger partial charge in [0.15, 0.2) is 0 Å². The average Bonchev–Trinajstić information content (AvgIpc) is 2.67. The number of hydrogen-bond acceptors (Lipinski definition) is 3. The first-order valence-electron chi connectivity index (χ1n) is 5.64. The molecule has 2 aliphatic heterocycles. The van der Waals surface area contributed by atoms with Gasteiger partial charge in [-0.3, -0.25) is 0 Å². The number of rotatable bonds is 1. The Kier molecular flexibility index (Phi) is 2.90. The van der Waals surface area contributed by atoms with Gasteiger partial charge in [-0.2, -0.15) is 0 Å². The summed E-state index contributed by atoms with van der Waals surface area (Å²) in [5.74, 6) is 0.646. The predicted molar refractivity (Wildman–Crippen MR) is 73.6 cm³/mol. The summed E-state index contributed by atoms with van der Waals surface area (Å²) in [6.07, 6.45) is 3.37. The highest BCUT2D eigenvalue weighted by molar-refractivity contribution is 9.10. The topological polar surface area (TPSA) is 24.1 Å². The fraction of sp³-hybridized carbons (Fsp3) is 0.500. The molecule has 16 heavy (non-hydrogen) atoms. The van der Waals surface area contributed by atoms with Gasteiger partial charge in [0.25, 0.3) is 0 Å². The van der Waals surface area contributed by atoms with Gasteiger partial charge in [-0.05, 0) is 36.9 Å². The third kappa shape index (κ3) is 1.67. The van der Waals surface area contributed by atoms with Crippen molar-refractivity contribution in [2.24, 2.45) is 0 Å². The lowest BCUT2D eigenvalue weighted by atomic mass is 9.91. The van der Waals surface area contributed by atoms with Crippen LogP contribution in [-0.2, 0) is 0 Å². The third-order valence-corrected chi connectivity index (χ3v) is 4.75. The number of piperidine rings is 1. The van der Waals surface area contributed by atoms with Gasteiger partial charge in [0, 0.05) is 27.9 Å². The molecular weight excluding hydrogens is 284 g/mol. The van der Waals surface area contributed by atoms with Gasteiger partial charge >= 0.3 is 0 Å². The quantitative estimate of drug-likeness (QED) is 0.779. The van der Waals surface area contributed by atoms with Crippen molar-refractivity contribution in [2.45, 2.75) is 23.3 Å². The molecule has 2 N–H and O–H groups in total. The second kappa shape index (κ2) is 4.24. The van der Waals surface area contributed by atoms with E-state index in [9.17, 15) is 0 Å². The van der Waals surface area contributed by atoms with E-state index in [1.54, 1.807) is 0 Å². The Morgan fingerprint density at radius 1 is 1.44 bits per heavy atom. The highest BCUT2D eigenvalue weighted by Crippen LogP contribution is 2.44. The zero-order chi connectivity index (χ0) is 11.1. The molecule has 4 heteroatoms. The van der Waals surface area contributed by atoms with E-state index in [0.29, 0.717) is 12.0 Å². The molecule has 2 aliphatic rings. The lowest BCUT2D eigenvalue weighted by molar-refractivity contribution is 0.440. The summed E-state index contributed by atoms with van der Waals surface area (Å²) in [4.78, 5) is 1.36. The molecule has 2 unspecified atom stereocenters. The van der Waals surface area contributed by atoms with Crippen molar-refractivity contribution < 1.29 is 0 Å². The summed E-state index contributed by atoms with van der Waals surface area (Å²) in [6.45, 7) is 2.24. The fourth-order valence-electron chi connectivity index (χ4n) is 2.75. The number of benzene rings is 1. The van der Waals surface area contributed by atoms with Crippen LogP contribution >= 0.6 is 27.7 Å². The Morgan fingerprint density at radius 3 is 3.12 bits per heavy atom. The second-order valence-electron chi connectivity index (χ2n) is 4.42. The van der Waals surface area contributed by atoms with Gasteiger partial charge in [0.05, 0.1) is 5.69 Å². The smallest absolute Gasteiger partial charge is 0.0518 e. The van der Waals surface area contributed by atoms with Gasteiger partial charge in [0.2, 0.25) is 0 Å². The first-order chi connectivity index (χ1) is 7.79. The van der Waals surface area contributed by atoms with E-state index in [-0.39, 0.29) is 0 Å². The molecule has 2 heterocycles. The molecule has 0 radical (unpaired) electrons. The average molecular weight is 299 g/mol. The van der Waals surface area contributed by atoms with Crippen molar-refractivity contribution in [2.75, 3.05) is 24.7 Å². The minimum atomic E-state index is 0.636. The summed E-state index contributed by atoms with van der Waals surface area (Å²) in [5.41, 5.74) is 2.85. The molecular formula is C12H15BrN2S. The monoisotopic (exact) mass is 298 g/mol. The van der Waals surface area contributed by atoms with Crippen molar-refractivity contribution in [1.82, 2.24) is 5.32 Å². The normalized spacial score (nSPS) is 27.1. The summed E-state index contributed by atoms with van der Waals surface area (Å²) < 4.78 is 1.20.